The lowest BCUT2D eigenvalue weighted by molar-refractivity contribution is -0.124. The summed E-state index contributed by atoms with van der Waals surface area (Å²) in [4.78, 5) is 22.7. The van der Waals surface area contributed by atoms with Crippen molar-refractivity contribution in [3.05, 3.63) is 36.5 Å². The molecule has 312 valence electrons. The van der Waals surface area contributed by atoms with Gasteiger partial charge in [-0.3, -0.25) is 13.8 Å². The number of aliphatic hydroxyl groups excluding tert-OH is 2. The number of nitrogens with two attached hydrogens (primary N) is 1. The van der Waals surface area contributed by atoms with Crippen LogP contribution < -0.4 is 11.1 Å². The second-order valence-corrected chi connectivity index (χ2v) is 16.2. The van der Waals surface area contributed by atoms with Crippen molar-refractivity contribution < 1.29 is 33.5 Å². The molecule has 0 aromatic carbocycles. The quantitative estimate of drug-likeness (QED) is 0.0235. The third kappa shape index (κ3) is 37.4. The van der Waals surface area contributed by atoms with Crippen LogP contribution in [0.15, 0.2) is 36.5 Å². The minimum absolute atomic E-state index is 0.0432. The molecule has 0 aliphatic carbocycles. The molecule has 6 N–H and O–H groups in total. The van der Waals surface area contributed by atoms with Gasteiger partial charge in [-0.05, 0) is 57.8 Å². The Morgan fingerprint density at radius 2 is 1.08 bits per heavy atom. The van der Waals surface area contributed by atoms with Gasteiger partial charge in [0.25, 0.3) is 0 Å². The number of carbonyl (C=O) groups excluding carboxylic acids is 1. The fourth-order valence-corrected chi connectivity index (χ4v) is 6.95. The van der Waals surface area contributed by atoms with Crippen LogP contribution in [0.4, 0.5) is 0 Å². The van der Waals surface area contributed by atoms with Gasteiger partial charge in [-0.15, -0.1) is 0 Å². The van der Waals surface area contributed by atoms with Gasteiger partial charge in [0.2, 0.25) is 5.91 Å². The number of phosphoric acid groups is 1. The van der Waals surface area contributed by atoms with Gasteiger partial charge in [0.1, 0.15) is 0 Å². The smallest absolute Gasteiger partial charge is 0.393 e. The molecule has 10 heteroatoms. The number of aliphatic hydroxyl groups is 2. The van der Waals surface area contributed by atoms with E-state index in [0.717, 1.165) is 44.9 Å². The predicted octanol–water partition coefficient (Wildman–Crippen LogP) is 10.9. The summed E-state index contributed by atoms with van der Waals surface area (Å²) in [5.74, 6) is -0.462. The predicted molar refractivity (Wildman–Crippen MR) is 223 cm³/mol. The maximum Gasteiger partial charge on any atom is 0.472 e. The molecule has 0 saturated heterocycles. The summed E-state index contributed by atoms with van der Waals surface area (Å²) in [5, 5.41) is 24.0. The number of allylic oxidation sites excluding steroid dienone is 5. The molecule has 4 atom stereocenters. The van der Waals surface area contributed by atoms with E-state index >= 15 is 0 Å². The van der Waals surface area contributed by atoms with Gasteiger partial charge in [-0.1, -0.05) is 166 Å². The first kappa shape index (κ1) is 51.7. The summed E-state index contributed by atoms with van der Waals surface area (Å²) in [5.41, 5.74) is 5.35. The molecular formula is C43H83N2O7P. The lowest BCUT2D eigenvalue weighted by Crippen LogP contribution is -2.46. The molecule has 4 unspecified atom stereocenters. The number of unbranched alkanes of at least 4 members (excludes halogenated alkanes) is 22. The third-order valence-corrected chi connectivity index (χ3v) is 10.5. The van der Waals surface area contributed by atoms with E-state index in [2.05, 4.69) is 43.5 Å². The fourth-order valence-electron chi connectivity index (χ4n) is 6.19. The van der Waals surface area contributed by atoms with Gasteiger partial charge in [0.05, 0.1) is 37.9 Å². The Bertz CT molecular complexity index is 946. The van der Waals surface area contributed by atoms with Crippen molar-refractivity contribution in [2.75, 3.05) is 19.8 Å². The number of phosphoric ester groups is 1. The van der Waals surface area contributed by atoms with E-state index in [0.29, 0.717) is 12.8 Å². The minimum atomic E-state index is -4.40. The maximum atomic E-state index is 12.8. The van der Waals surface area contributed by atoms with E-state index in [-0.39, 0.29) is 19.6 Å². The molecule has 9 nitrogen and oxygen atoms in total. The van der Waals surface area contributed by atoms with Crippen LogP contribution in [0.25, 0.3) is 0 Å². The van der Waals surface area contributed by atoms with Gasteiger partial charge in [-0.2, -0.15) is 0 Å². The summed E-state index contributed by atoms with van der Waals surface area (Å²) in [6, 6.07) is -1.000. The van der Waals surface area contributed by atoms with Crippen LogP contribution in [0.3, 0.4) is 0 Å². The van der Waals surface area contributed by atoms with E-state index in [9.17, 15) is 24.5 Å². The highest BCUT2D eigenvalue weighted by Gasteiger charge is 2.27. The number of amides is 1. The lowest BCUT2D eigenvalue weighted by Gasteiger charge is -2.24. The Balaban J connectivity index is 4.31. The molecule has 0 aliphatic heterocycles. The minimum Gasteiger partial charge on any atom is -0.393 e. The largest absolute Gasteiger partial charge is 0.472 e. The zero-order valence-electron chi connectivity index (χ0n) is 34.1. The number of carbonyl (C=O) groups is 1. The standard InChI is InChI=1S/C43H83N2O7P/c1-3-5-7-9-11-13-15-17-18-19-20-21-22-23-24-26-28-30-32-34-40(46)38-43(48)45-41(39-52-53(49,50)51-37-36-44)42(47)35-33-31-29-27-25-16-14-12-10-8-6-4-2/h21-22,25,27,33,35,40-42,46-47H,3-20,23-24,26,28-32,34,36-39,44H2,1-2H3,(H,45,48)(H,49,50)/b22-21-,27-25+,35-33+. The van der Waals surface area contributed by atoms with Gasteiger partial charge in [0, 0.05) is 6.54 Å². The first-order valence-electron chi connectivity index (χ1n) is 21.7. The van der Waals surface area contributed by atoms with Gasteiger partial charge in [-0.25, -0.2) is 4.57 Å². The highest BCUT2D eigenvalue weighted by Crippen LogP contribution is 2.43. The Morgan fingerprint density at radius 3 is 1.57 bits per heavy atom. The van der Waals surface area contributed by atoms with Gasteiger partial charge in [0.15, 0.2) is 0 Å². The summed E-state index contributed by atoms with van der Waals surface area (Å²) in [6.07, 6.45) is 42.4. The monoisotopic (exact) mass is 771 g/mol. The number of hydrogen-bond acceptors (Lipinski definition) is 7. The number of rotatable bonds is 40. The number of hydrogen-bond donors (Lipinski definition) is 5. The molecule has 0 spiro atoms. The van der Waals surface area contributed by atoms with Gasteiger partial charge >= 0.3 is 7.82 Å². The Morgan fingerprint density at radius 1 is 0.642 bits per heavy atom. The molecule has 0 radical (unpaired) electrons. The van der Waals surface area contributed by atoms with Crippen LogP contribution in [0, 0.1) is 0 Å². The first-order chi connectivity index (χ1) is 25.8. The van der Waals surface area contributed by atoms with E-state index in [4.69, 9.17) is 14.8 Å². The van der Waals surface area contributed by atoms with Crippen molar-refractivity contribution in [2.24, 2.45) is 5.73 Å². The number of nitrogens with one attached hydrogen (secondary N) is 1. The normalized spacial score (nSPS) is 15.1. The van der Waals surface area contributed by atoms with Crippen LogP contribution in [0.2, 0.25) is 0 Å². The van der Waals surface area contributed by atoms with Crippen LogP contribution in [-0.2, 0) is 18.4 Å². The average Bonchev–Trinajstić information content (AvgIpc) is 3.13. The molecule has 0 bridgehead atoms. The SMILES string of the molecule is CCCCCCCC/C=C/CC/C=C/C(O)C(COP(=O)(O)OCCN)NC(=O)CC(O)CCCCCCC/C=C\CCCCCCCCCCCC. The maximum absolute atomic E-state index is 12.8. The van der Waals surface area contributed by atoms with Crippen LogP contribution in [0.1, 0.15) is 194 Å². The zero-order chi connectivity index (χ0) is 39.1. The molecule has 0 aromatic heterocycles. The van der Waals surface area contributed by atoms with E-state index in [1.807, 2.05) is 6.08 Å². The molecule has 53 heavy (non-hydrogen) atoms. The van der Waals surface area contributed by atoms with Crippen LogP contribution in [-0.4, -0.2) is 59.0 Å². The molecular weight excluding hydrogens is 687 g/mol. The second-order valence-electron chi connectivity index (χ2n) is 14.7. The molecule has 0 aromatic rings. The van der Waals surface area contributed by atoms with Crippen LogP contribution in [0.5, 0.6) is 0 Å². The molecule has 0 saturated carbocycles. The summed E-state index contributed by atoms with van der Waals surface area (Å²) < 4.78 is 22.0. The highest BCUT2D eigenvalue weighted by atomic mass is 31.2. The van der Waals surface area contributed by atoms with Gasteiger partial charge < -0.3 is 26.2 Å². The highest BCUT2D eigenvalue weighted by molar-refractivity contribution is 7.47. The molecule has 0 rings (SSSR count). The Kier molecular flexibility index (Phi) is 38.0. The molecule has 0 aliphatic rings. The van der Waals surface area contributed by atoms with E-state index in [1.54, 1.807) is 6.08 Å². The fraction of sp³-hybridized carbons (Fsp3) is 0.837. The first-order valence-corrected chi connectivity index (χ1v) is 23.2. The average molecular weight is 771 g/mol. The summed E-state index contributed by atoms with van der Waals surface area (Å²) in [7, 11) is -4.40. The topological polar surface area (TPSA) is 151 Å². The van der Waals surface area contributed by atoms with Crippen molar-refractivity contribution in [3.8, 4) is 0 Å². The van der Waals surface area contributed by atoms with Crippen molar-refractivity contribution >= 4 is 13.7 Å². The summed E-state index contributed by atoms with van der Waals surface area (Å²) in [6.45, 7) is 3.93. The van der Waals surface area contributed by atoms with Crippen molar-refractivity contribution in [1.82, 2.24) is 5.32 Å². The van der Waals surface area contributed by atoms with E-state index in [1.165, 1.54) is 116 Å². The molecule has 0 fully saturated rings. The zero-order valence-corrected chi connectivity index (χ0v) is 35.0. The van der Waals surface area contributed by atoms with Crippen molar-refractivity contribution in [1.29, 1.82) is 0 Å². The van der Waals surface area contributed by atoms with Crippen LogP contribution >= 0.6 is 7.82 Å². The second kappa shape index (κ2) is 38.9. The molecule has 1 amide bonds. The van der Waals surface area contributed by atoms with Crippen molar-refractivity contribution in [3.63, 3.8) is 0 Å². The molecule has 0 heterocycles. The third-order valence-electron chi connectivity index (χ3n) is 9.49. The van der Waals surface area contributed by atoms with Crippen molar-refractivity contribution in [2.45, 2.75) is 212 Å². The van der Waals surface area contributed by atoms with E-state index < -0.39 is 38.6 Å². The lowest BCUT2D eigenvalue weighted by atomic mass is 10.0. The summed E-state index contributed by atoms with van der Waals surface area (Å²) >= 11 is 0. The Hall–Kier alpha value is -1.32. The Labute approximate surface area is 325 Å².